The minimum Gasteiger partial charge on any atom is -0.494 e. The predicted octanol–water partition coefficient (Wildman–Crippen LogP) is 5.92. The Kier molecular flexibility index (Phi) is 9.89. The lowest BCUT2D eigenvalue weighted by Crippen LogP contribution is -2.23. The number of nitrogens with zero attached hydrogens (tertiary/aromatic N) is 1. The minimum absolute atomic E-state index is 0.150. The van der Waals surface area contributed by atoms with Crippen molar-refractivity contribution < 1.29 is 29.3 Å². The maximum Gasteiger partial charge on any atom is 0.317 e. The van der Waals surface area contributed by atoms with Gasteiger partial charge in [-0.2, -0.15) is 5.26 Å². The van der Waals surface area contributed by atoms with Gasteiger partial charge < -0.3 is 19.7 Å². The highest BCUT2D eigenvalue weighted by Crippen LogP contribution is 2.25. The van der Waals surface area contributed by atoms with Gasteiger partial charge in [0.1, 0.15) is 18.1 Å². The Labute approximate surface area is 210 Å². The third-order valence-corrected chi connectivity index (χ3v) is 5.78. The first-order valence-corrected chi connectivity index (χ1v) is 11.9. The molecular weight excluding hydrogens is 458 g/mol. The van der Waals surface area contributed by atoms with Gasteiger partial charge in [0.05, 0.1) is 18.2 Å². The summed E-state index contributed by atoms with van der Waals surface area (Å²) in [5.74, 6) is -2.34. The van der Waals surface area contributed by atoms with E-state index in [0.717, 1.165) is 47.5 Å². The molecule has 0 aromatic heterocycles. The van der Waals surface area contributed by atoms with Crippen molar-refractivity contribution in [1.29, 1.82) is 5.26 Å². The first kappa shape index (κ1) is 26.3. The van der Waals surface area contributed by atoms with E-state index in [1.165, 1.54) is 0 Å². The third-order valence-electron chi connectivity index (χ3n) is 5.78. The van der Waals surface area contributed by atoms with Crippen LogP contribution in [0.1, 0.15) is 43.2 Å². The summed E-state index contributed by atoms with van der Waals surface area (Å²) < 4.78 is 11.6. The van der Waals surface area contributed by atoms with Crippen LogP contribution in [-0.2, 0) is 16.2 Å². The van der Waals surface area contributed by atoms with Crippen molar-refractivity contribution in [3.05, 3.63) is 83.9 Å². The molecule has 36 heavy (non-hydrogen) atoms. The van der Waals surface area contributed by atoms with Gasteiger partial charge in [-0.25, -0.2) is 0 Å². The van der Waals surface area contributed by atoms with Crippen molar-refractivity contribution in [2.24, 2.45) is 5.92 Å². The molecule has 0 amide bonds. The van der Waals surface area contributed by atoms with Gasteiger partial charge in [-0.3, -0.25) is 9.59 Å². The van der Waals surface area contributed by atoms with Crippen molar-refractivity contribution in [2.75, 3.05) is 6.61 Å². The maximum atomic E-state index is 10.9. The van der Waals surface area contributed by atoms with Crippen LogP contribution in [0.5, 0.6) is 11.5 Å². The molecule has 0 aliphatic carbocycles. The summed E-state index contributed by atoms with van der Waals surface area (Å²) >= 11 is 0. The van der Waals surface area contributed by atoms with E-state index in [9.17, 15) is 9.59 Å². The van der Waals surface area contributed by atoms with Crippen LogP contribution >= 0.6 is 0 Å². The van der Waals surface area contributed by atoms with E-state index in [2.05, 4.69) is 6.07 Å². The zero-order chi connectivity index (χ0) is 25.8. The first-order valence-electron chi connectivity index (χ1n) is 11.9. The standard InChI is InChI=1S/C29H29NO6/c30-19-21-6-8-22(9-7-21)20-36-26-16-12-24(13-17-26)23-10-14-25(15-11-23)35-18-4-2-1-3-5-27(28(31)32)29(33)34/h6-17,27H,1-5,18,20H2,(H,31,32)(H,33,34). The quantitative estimate of drug-likeness (QED) is 0.214. The summed E-state index contributed by atoms with van der Waals surface area (Å²) in [5.41, 5.74) is 3.75. The average Bonchev–Trinajstić information content (AvgIpc) is 2.89. The van der Waals surface area contributed by atoms with Gasteiger partial charge in [-0.1, -0.05) is 55.7 Å². The van der Waals surface area contributed by atoms with Crippen LogP contribution in [0.3, 0.4) is 0 Å². The van der Waals surface area contributed by atoms with E-state index in [0.29, 0.717) is 25.2 Å². The van der Waals surface area contributed by atoms with E-state index >= 15 is 0 Å². The molecule has 3 aromatic rings. The molecule has 0 heterocycles. The molecule has 0 spiro atoms. The van der Waals surface area contributed by atoms with E-state index in [-0.39, 0.29) is 6.42 Å². The molecule has 0 aliphatic heterocycles. The second-order valence-electron chi connectivity index (χ2n) is 8.43. The SMILES string of the molecule is N#Cc1ccc(COc2ccc(-c3ccc(OCCCCCCC(C(=O)O)C(=O)O)cc3)cc2)cc1. The van der Waals surface area contributed by atoms with Crippen LogP contribution in [0.4, 0.5) is 0 Å². The molecule has 0 bridgehead atoms. The van der Waals surface area contributed by atoms with E-state index < -0.39 is 17.9 Å². The van der Waals surface area contributed by atoms with Crippen LogP contribution in [0.15, 0.2) is 72.8 Å². The number of unbranched alkanes of at least 4 members (excludes halogenated alkanes) is 3. The van der Waals surface area contributed by atoms with Crippen LogP contribution in [0.25, 0.3) is 11.1 Å². The average molecular weight is 488 g/mol. The Balaban J connectivity index is 1.37. The summed E-state index contributed by atoms with van der Waals surface area (Å²) in [6, 6.07) is 25.1. The smallest absolute Gasteiger partial charge is 0.317 e. The minimum atomic E-state index is -1.32. The number of rotatable bonds is 14. The fourth-order valence-electron chi connectivity index (χ4n) is 3.68. The van der Waals surface area contributed by atoms with Gasteiger partial charge >= 0.3 is 11.9 Å². The molecule has 186 valence electrons. The Bertz CT molecular complexity index is 1150. The van der Waals surface area contributed by atoms with Gasteiger partial charge in [-0.15, -0.1) is 0 Å². The number of hydrogen-bond acceptors (Lipinski definition) is 5. The number of carboxylic acid groups (broad SMARTS) is 2. The maximum absolute atomic E-state index is 10.9. The van der Waals surface area contributed by atoms with Crippen molar-refractivity contribution in [3.63, 3.8) is 0 Å². The molecule has 3 rings (SSSR count). The lowest BCUT2D eigenvalue weighted by molar-refractivity contribution is -0.154. The fraction of sp³-hybridized carbons (Fsp3) is 0.276. The Hall–Kier alpha value is -4.31. The predicted molar refractivity (Wildman–Crippen MR) is 135 cm³/mol. The summed E-state index contributed by atoms with van der Waals surface area (Å²) in [6.45, 7) is 0.980. The zero-order valence-electron chi connectivity index (χ0n) is 19.9. The molecule has 0 unspecified atom stereocenters. The number of carbonyl (C=O) groups is 2. The number of benzene rings is 3. The molecule has 0 saturated carbocycles. The molecule has 0 saturated heterocycles. The Morgan fingerprint density at radius 2 is 1.25 bits per heavy atom. The molecule has 2 N–H and O–H groups in total. The molecule has 0 atom stereocenters. The number of ether oxygens (including phenoxy) is 2. The summed E-state index contributed by atoms with van der Waals surface area (Å²) in [5, 5.41) is 26.6. The van der Waals surface area contributed by atoms with E-state index in [4.69, 9.17) is 24.9 Å². The summed E-state index contributed by atoms with van der Waals surface area (Å²) in [4.78, 5) is 21.7. The first-order chi connectivity index (χ1) is 17.5. The normalized spacial score (nSPS) is 10.6. The van der Waals surface area contributed by atoms with Gasteiger partial charge in [0.2, 0.25) is 0 Å². The lowest BCUT2D eigenvalue weighted by Gasteiger charge is -2.10. The largest absolute Gasteiger partial charge is 0.494 e. The van der Waals surface area contributed by atoms with Crippen LogP contribution in [0.2, 0.25) is 0 Å². The summed E-state index contributed by atoms with van der Waals surface area (Å²) in [6.07, 6.45) is 3.15. The molecule has 0 fully saturated rings. The molecular formula is C29H29NO6. The number of aliphatic carboxylic acids is 2. The summed E-state index contributed by atoms with van der Waals surface area (Å²) in [7, 11) is 0. The van der Waals surface area contributed by atoms with Gasteiger partial charge in [0, 0.05) is 0 Å². The van der Waals surface area contributed by atoms with Crippen molar-refractivity contribution in [1.82, 2.24) is 0 Å². The van der Waals surface area contributed by atoms with Crippen molar-refractivity contribution >= 4 is 11.9 Å². The highest BCUT2D eigenvalue weighted by molar-refractivity contribution is 5.92. The second-order valence-corrected chi connectivity index (χ2v) is 8.43. The molecule has 0 radical (unpaired) electrons. The lowest BCUT2D eigenvalue weighted by atomic mass is 10.0. The molecule has 0 aliphatic rings. The van der Waals surface area contributed by atoms with Crippen molar-refractivity contribution in [2.45, 2.75) is 38.7 Å². The monoisotopic (exact) mass is 487 g/mol. The van der Waals surface area contributed by atoms with Crippen LogP contribution in [-0.4, -0.2) is 28.8 Å². The van der Waals surface area contributed by atoms with Gasteiger partial charge in [0.25, 0.3) is 0 Å². The van der Waals surface area contributed by atoms with Gasteiger partial charge in [-0.05, 0) is 65.9 Å². The zero-order valence-corrected chi connectivity index (χ0v) is 19.9. The molecule has 3 aromatic carbocycles. The van der Waals surface area contributed by atoms with Gasteiger partial charge in [0.15, 0.2) is 5.92 Å². The fourth-order valence-corrected chi connectivity index (χ4v) is 3.68. The Morgan fingerprint density at radius 3 is 1.78 bits per heavy atom. The van der Waals surface area contributed by atoms with Crippen LogP contribution < -0.4 is 9.47 Å². The number of nitriles is 1. The highest BCUT2D eigenvalue weighted by atomic mass is 16.5. The second kappa shape index (κ2) is 13.5. The Morgan fingerprint density at radius 1 is 0.722 bits per heavy atom. The topological polar surface area (TPSA) is 117 Å². The third kappa shape index (κ3) is 8.17. The molecule has 7 nitrogen and oxygen atoms in total. The van der Waals surface area contributed by atoms with Crippen LogP contribution in [0, 0.1) is 17.2 Å². The number of carboxylic acids is 2. The number of hydrogen-bond donors (Lipinski definition) is 2. The van der Waals surface area contributed by atoms with E-state index in [1.807, 2.05) is 60.7 Å². The van der Waals surface area contributed by atoms with E-state index in [1.54, 1.807) is 12.1 Å². The highest BCUT2D eigenvalue weighted by Gasteiger charge is 2.24. The molecule has 7 heteroatoms. The van der Waals surface area contributed by atoms with Crippen molar-refractivity contribution in [3.8, 4) is 28.7 Å².